The molecule has 1 aromatic rings. The van der Waals surface area contributed by atoms with E-state index in [4.69, 9.17) is 9.84 Å². The summed E-state index contributed by atoms with van der Waals surface area (Å²) in [6, 6.07) is 1.72. The Labute approximate surface area is 76.2 Å². The van der Waals surface area contributed by atoms with Crippen LogP contribution in [0.25, 0.3) is 0 Å². The van der Waals surface area contributed by atoms with Crippen molar-refractivity contribution >= 4 is 5.97 Å². The van der Waals surface area contributed by atoms with Gasteiger partial charge in [-0.05, 0) is 6.92 Å². The summed E-state index contributed by atoms with van der Waals surface area (Å²) in [4.78, 5) is 14.4. The highest BCUT2D eigenvalue weighted by atomic mass is 16.5. The molecule has 70 valence electrons. The minimum atomic E-state index is -0.885. The van der Waals surface area contributed by atoms with Crippen molar-refractivity contribution in [1.82, 2.24) is 4.98 Å². The zero-order valence-electron chi connectivity index (χ0n) is 7.57. The molecule has 4 heteroatoms. The zero-order chi connectivity index (χ0) is 9.84. The monoisotopic (exact) mass is 181 g/mol. The fourth-order valence-electron chi connectivity index (χ4n) is 1.05. The number of aryl methyl sites for hydroxylation is 1. The molecule has 1 rings (SSSR count). The Balaban J connectivity index is 2.99. The Kier molecular flexibility index (Phi) is 2.84. The molecular weight excluding hydrogens is 170 g/mol. The molecular formula is C9H11NO3. The average molecular weight is 181 g/mol. The number of aromatic nitrogens is 1. The Hall–Kier alpha value is -1.58. The van der Waals surface area contributed by atoms with Gasteiger partial charge < -0.3 is 9.84 Å². The van der Waals surface area contributed by atoms with Crippen LogP contribution in [0.15, 0.2) is 12.3 Å². The van der Waals surface area contributed by atoms with Crippen molar-refractivity contribution in [1.29, 1.82) is 0 Å². The van der Waals surface area contributed by atoms with Crippen LogP contribution in [-0.2, 0) is 11.2 Å². The highest BCUT2D eigenvalue weighted by Gasteiger charge is 2.07. The maximum Gasteiger partial charge on any atom is 0.308 e. The number of nitrogens with zero attached hydrogens (tertiary/aromatic N) is 1. The molecule has 0 aliphatic carbocycles. The summed E-state index contributed by atoms with van der Waals surface area (Å²) in [6.07, 6.45) is 1.47. The SMILES string of the molecule is COc1cc(C)ncc1CC(=O)O. The van der Waals surface area contributed by atoms with Crippen LogP contribution in [0, 0.1) is 6.92 Å². The van der Waals surface area contributed by atoms with Gasteiger partial charge in [0.1, 0.15) is 5.75 Å². The van der Waals surface area contributed by atoms with Crippen LogP contribution in [0.3, 0.4) is 0 Å². The van der Waals surface area contributed by atoms with Gasteiger partial charge in [-0.2, -0.15) is 0 Å². The minimum Gasteiger partial charge on any atom is -0.496 e. The van der Waals surface area contributed by atoms with Crippen molar-refractivity contribution in [3.63, 3.8) is 0 Å². The van der Waals surface area contributed by atoms with E-state index in [-0.39, 0.29) is 6.42 Å². The van der Waals surface area contributed by atoms with E-state index in [0.29, 0.717) is 11.3 Å². The van der Waals surface area contributed by atoms with Crippen LogP contribution in [0.2, 0.25) is 0 Å². The molecule has 0 unspecified atom stereocenters. The Bertz CT molecular complexity index is 323. The summed E-state index contributed by atoms with van der Waals surface area (Å²) in [5.41, 5.74) is 1.41. The van der Waals surface area contributed by atoms with Crippen LogP contribution in [0.1, 0.15) is 11.3 Å². The standard InChI is InChI=1S/C9H11NO3/c1-6-3-8(13-2)7(5-10-6)4-9(11)12/h3,5H,4H2,1-2H3,(H,11,12). The molecule has 0 aliphatic heterocycles. The van der Waals surface area contributed by atoms with E-state index in [2.05, 4.69) is 4.98 Å². The summed E-state index contributed by atoms with van der Waals surface area (Å²) in [7, 11) is 1.51. The number of carboxylic acid groups (broad SMARTS) is 1. The first kappa shape index (κ1) is 9.51. The van der Waals surface area contributed by atoms with Gasteiger partial charge in [0.05, 0.1) is 13.5 Å². The number of rotatable bonds is 3. The van der Waals surface area contributed by atoms with Crippen LogP contribution in [0.5, 0.6) is 5.75 Å². The molecule has 0 radical (unpaired) electrons. The molecule has 0 spiro atoms. The topological polar surface area (TPSA) is 59.4 Å². The fourth-order valence-corrected chi connectivity index (χ4v) is 1.05. The number of hydrogen-bond acceptors (Lipinski definition) is 3. The lowest BCUT2D eigenvalue weighted by Gasteiger charge is -2.06. The predicted octanol–water partition coefficient (Wildman–Crippen LogP) is 1.03. The number of hydrogen-bond donors (Lipinski definition) is 1. The minimum absolute atomic E-state index is 0.0591. The van der Waals surface area contributed by atoms with E-state index in [0.717, 1.165) is 5.69 Å². The molecule has 0 saturated heterocycles. The smallest absolute Gasteiger partial charge is 0.308 e. The molecule has 0 saturated carbocycles. The quantitative estimate of drug-likeness (QED) is 0.756. The molecule has 0 bridgehead atoms. The predicted molar refractivity (Wildman–Crippen MR) is 46.9 cm³/mol. The van der Waals surface area contributed by atoms with Gasteiger partial charge in [-0.1, -0.05) is 0 Å². The molecule has 1 N–H and O–H groups in total. The van der Waals surface area contributed by atoms with E-state index in [1.165, 1.54) is 13.3 Å². The lowest BCUT2D eigenvalue weighted by molar-refractivity contribution is -0.136. The Morgan fingerprint density at radius 1 is 1.69 bits per heavy atom. The van der Waals surface area contributed by atoms with E-state index < -0.39 is 5.97 Å². The van der Waals surface area contributed by atoms with Gasteiger partial charge in [0.25, 0.3) is 0 Å². The number of ether oxygens (including phenoxy) is 1. The largest absolute Gasteiger partial charge is 0.496 e. The summed E-state index contributed by atoms with van der Waals surface area (Å²) in [5.74, 6) is -0.307. The van der Waals surface area contributed by atoms with Gasteiger partial charge in [0.2, 0.25) is 0 Å². The van der Waals surface area contributed by atoms with E-state index in [1.807, 2.05) is 6.92 Å². The molecule has 4 nitrogen and oxygen atoms in total. The molecule has 0 fully saturated rings. The summed E-state index contributed by atoms with van der Waals surface area (Å²) in [5, 5.41) is 8.57. The van der Waals surface area contributed by atoms with Crippen molar-refractivity contribution in [2.24, 2.45) is 0 Å². The van der Waals surface area contributed by atoms with Gasteiger partial charge in [-0.3, -0.25) is 9.78 Å². The van der Waals surface area contributed by atoms with Crippen molar-refractivity contribution in [3.8, 4) is 5.75 Å². The van der Waals surface area contributed by atoms with Gasteiger partial charge >= 0.3 is 5.97 Å². The van der Waals surface area contributed by atoms with Crippen LogP contribution < -0.4 is 4.74 Å². The highest BCUT2D eigenvalue weighted by Crippen LogP contribution is 2.18. The number of aliphatic carboxylic acids is 1. The Morgan fingerprint density at radius 3 is 2.92 bits per heavy atom. The van der Waals surface area contributed by atoms with Gasteiger partial charge in [0.15, 0.2) is 0 Å². The van der Waals surface area contributed by atoms with E-state index >= 15 is 0 Å². The first-order valence-corrected chi connectivity index (χ1v) is 3.85. The van der Waals surface area contributed by atoms with Gasteiger partial charge in [-0.15, -0.1) is 0 Å². The van der Waals surface area contributed by atoms with Crippen LogP contribution in [0.4, 0.5) is 0 Å². The second-order valence-corrected chi connectivity index (χ2v) is 2.71. The number of carboxylic acids is 1. The fraction of sp³-hybridized carbons (Fsp3) is 0.333. The van der Waals surface area contributed by atoms with Crippen LogP contribution in [-0.4, -0.2) is 23.2 Å². The highest BCUT2D eigenvalue weighted by molar-refractivity contribution is 5.71. The number of pyridine rings is 1. The van der Waals surface area contributed by atoms with Gasteiger partial charge in [-0.25, -0.2) is 0 Å². The average Bonchev–Trinajstić information content (AvgIpc) is 2.07. The van der Waals surface area contributed by atoms with Crippen molar-refractivity contribution in [2.45, 2.75) is 13.3 Å². The zero-order valence-corrected chi connectivity index (χ0v) is 7.57. The van der Waals surface area contributed by atoms with Crippen molar-refractivity contribution in [3.05, 3.63) is 23.5 Å². The third kappa shape index (κ3) is 2.43. The summed E-state index contributed by atoms with van der Waals surface area (Å²) < 4.78 is 5.02. The summed E-state index contributed by atoms with van der Waals surface area (Å²) in [6.45, 7) is 1.83. The first-order chi connectivity index (χ1) is 6.13. The molecule has 0 aliphatic rings. The summed E-state index contributed by atoms with van der Waals surface area (Å²) >= 11 is 0. The number of carbonyl (C=O) groups is 1. The second-order valence-electron chi connectivity index (χ2n) is 2.71. The lowest BCUT2D eigenvalue weighted by Crippen LogP contribution is -2.03. The molecule has 1 heterocycles. The maximum atomic E-state index is 10.4. The second kappa shape index (κ2) is 3.89. The molecule has 1 aromatic heterocycles. The lowest BCUT2D eigenvalue weighted by atomic mass is 10.2. The normalized spacial score (nSPS) is 9.69. The van der Waals surface area contributed by atoms with Crippen molar-refractivity contribution in [2.75, 3.05) is 7.11 Å². The van der Waals surface area contributed by atoms with Crippen molar-refractivity contribution < 1.29 is 14.6 Å². The third-order valence-corrected chi connectivity index (χ3v) is 1.64. The van der Waals surface area contributed by atoms with Gasteiger partial charge in [0, 0.05) is 23.5 Å². The molecule has 13 heavy (non-hydrogen) atoms. The first-order valence-electron chi connectivity index (χ1n) is 3.85. The van der Waals surface area contributed by atoms with E-state index in [9.17, 15) is 4.79 Å². The molecule has 0 amide bonds. The third-order valence-electron chi connectivity index (χ3n) is 1.64. The Morgan fingerprint density at radius 2 is 2.38 bits per heavy atom. The molecule has 0 aromatic carbocycles. The maximum absolute atomic E-state index is 10.4. The van der Waals surface area contributed by atoms with E-state index in [1.54, 1.807) is 6.07 Å². The van der Waals surface area contributed by atoms with Crippen LogP contribution >= 0.6 is 0 Å². The molecule has 0 atom stereocenters. The number of methoxy groups -OCH3 is 1.